The van der Waals surface area contributed by atoms with Crippen molar-refractivity contribution >= 4 is 5.57 Å². The van der Waals surface area contributed by atoms with Gasteiger partial charge >= 0.3 is 0 Å². The summed E-state index contributed by atoms with van der Waals surface area (Å²) in [5.41, 5.74) is 3.77. The van der Waals surface area contributed by atoms with Crippen LogP contribution in [0.3, 0.4) is 0 Å². The van der Waals surface area contributed by atoms with Crippen molar-refractivity contribution in [1.29, 1.82) is 0 Å². The van der Waals surface area contributed by atoms with Gasteiger partial charge in [0.1, 0.15) is 0 Å². The molecule has 0 aliphatic rings. The third-order valence-corrected chi connectivity index (χ3v) is 3.29. The highest BCUT2D eigenvalue weighted by molar-refractivity contribution is 5.75. The van der Waals surface area contributed by atoms with Gasteiger partial charge in [0.25, 0.3) is 0 Å². The Morgan fingerprint density at radius 2 is 1.50 bits per heavy atom. The molecule has 0 amide bonds. The van der Waals surface area contributed by atoms with Crippen LogP contribution in [0.1, 0.15) is 18.1 Å². The minimum absolute atomic E-state index is 0.956. The van der Waals surface area contributed by atoms with E-state index < -0.39 is 0 Å². The molecule has 0 spiro atoms. The van der Waals surface area contributed by atoms with E-state index in [1.165, 1.54) is 16.7 Å². The third kappa shape index (κ3) is 5.41. The summed E-state index contributed by atoms with van der Waals surface area (Å²) in [5.74, 6) is 0. The Morgan fingerprint density at radius 1 is 0.818 bits per heavy atom. The number of hydrogen-bond donors (Lipinski definition) is 0. The second-order valence-corrected chi connectivity index (χ2v) is 4.99. The van der Waals surface area contributed by atoms with Gasteiger partial charge in [0.2, 0.25) is 0 Å². The molecule has 0 aliphatic heterocycles. The summed E-state index contributed by atoms with van der Waals surface area (Å²) in [6.07, 6.45) is 15.7. The highest BCUT2D eigenvalue weighted by Crippen LogP contribution is 2.16. The molecule has 0 bridgehead atoms. The van der Waals surface area contributed by atoms with Gasteiger partial charge in [0, 0.05) is 0 Å². The van der Waals surface area contributed by atoms with E-state index in [0.717, 1.165) is 6.42 Å². The highest BCUT2D eigenvalue weighted by atomic mass is 14.0. The molecular weight excluding hydrogens is 264 g/mol. The van der Waals surface area contributed by atoms with Gasteiger partial charge in [-0.05, 0) is 30.0 Å². The van der Waals surface area contributed by atoms with Gasteiger partial charge in [-0.15, -0.1) is 0 Å². The summed E-state index contributed by atoms with van der Waals surface area (Å²) in [4.78, 5) is 0. The van der Waals surface area contributed by atoms with Gasteiger partial charge in [-0.2, -0.15) is 0 Å². The fraction of sp³-hybridized carbons (Fsp3) is 0.0909. The second kappa shape index (κ2) is 9.36. The topological polar surface area (TPSA) is 0 Å². The molecule has 0 saturated carbocycles. The van der Waals surface area contributed by atoms with Crippen LogP contribution in [0, 0.1) is 0 Å². The van der Waals surface area contributed by atoms with Crippen LogP contribution in [0.2, 0.25) is 0 Å². The van der Waals surface area contributed by atoms with Crippen LogP contribution >= 0.6 is 0 Å². The molecule has 110 valence electrons. The zero-order chi connectivity index (χ0) is 15.5. The van der Waals surface area contributed by atoms with Crippen LogP contribution in [0.4, 0.5) is 0 Å². The smallest absolute Gasteiger partial charge is 0.00943 e. The Balaban J connectivity index is 2.11. The molecule has 0 N–H and O–H groups in total. The van der Waals surface area contributed by atoms with Crippen molar-refractivity contribution in [2.24, 2.45) is 0 Å². The summed E-state index contributed by atoms with van der Waals surface area (Å²) < 4.78 is 0. The van der Waals surface area contributed by atoms with Gasteiger partial charge in [-0.1, -0.05) is 103 Å². The maximum Gasteiger partial charge on any atom is -0.00943 e. The lowest BCUT2D eigenvalue weighted by Crippen LogP contribution is -1.80. The van der Waals surface area contributed by atoms with E-state index in [2.05, 4.69) is 78.9 Å². The van der Waals surface area contributed by atoms with Crippen LogP contribution in [-0.4, -0.2) is 0 Å². The van der Waals surface area contributed by atoms with Gasteiger partial charge in [0.15, 0.2) is 0 Å². The van der Waals surface area contributed by atoms with E-state index in [9.17, 15) is 0 Å². The lowest BCUT2D eigenvalue weighted by Gasteiger charge is -2.01. The molecule has 2 aromatic carbocycles. The molecule has 22 heavy (non-hydrogen) atoms. The Morgan fingerprint density at radius 3 is 2.18 bits per heavy atom. The van der Waals surface area contributed by atoms with Crippen molar-refractivity contribution in [1.82, 2.24) is 0 Å². The lowest BCUT2D eigenvalue weighted by atomic mass is 10.0. The summed E-state index contributed by atoms with van der Waals surface area (Å²) in [6, 6.07) is 21.0. The molecule has 0 nitrogen and oxygen atoms in total. The highest BCUT2D eigenvalue weighted by Gasteiger charge is 1.94. The molecule has 2 rings (SSSR count). The van der Waals surface area contributed by atoms with Gasteiger partial charge in [0.05, 0.1) is 0 Å². The molecule has 0 radical (unpaired) electrons. The minimum atomic E-state index is 0.956. The van der Waals surface area contributed by atoms with Crippen molar-refractivity contribution in [3.8, 4) is 0 Å². The lowest BCUT2D eigenvalue weighted by molar-refractivity contribution is 1.27. The van der Waals surface area contributed by atoms with Crippen LogP contribution in [0.5, 0.6) is 0 Å². The van der Waals surface area contributed by atoms with Crippen molar-refractivity contribution < 1.29 is 0 Å². The fourth-order valence-electron chi connectivity index (χ4n) is 2.14. The average molecular weight is 286 g/mol. The van der Waals surface area contributed by atoms with E-state index in [-0.39, 0.29) is 0 Å². The molecule has 0 aliphatic carbocycles. The van der Waals surface area contributed by atoms with Gasteiger partial charge in [-0.25, -0.2) is 0 Å². The maximum atomic E-state index is 2.20. The number of hydrogen-bond acceptors (Lipinski definition) is 0. The predicted molar refractivity (Wildman–Crippen MR) is 97.7 cm³/mol. The Hall–Kier alpha value is -2.60. The summed E-state index contributed by atoms with van der Waals surface area (Å²) in [5, 5.41) is 0. The largest absolute Gasteiger partial charge is 0.0877 e. The fourth-order valence-corrected chi connectivity index (χ4v) is 2.14. The first kappa shape index (κ1) is 15.8. The number of allylic oxidation sites excluding steroid dienone is 8. The predicted octanol–water partition coefficient (Wildman–Crippen LogP) is 6.00. The summed E-state index contributed by atoms with van der Waals surface area (Å²) >= 11 is 0. The van der Waals surface area contributed by atoms with E-state index >= 15 is 0 Å². The van der Waals surface area contributed by atoms with Crippen molar-refractivity contribution in [2.45, 2.75) is 13.3 Å². The number of rotatable bonds is 6. The zero-order valence-corrected chi connectivity index (χ0v) is 13.0. The minimum Gasteiger partial charge on any atom is -0.0877 e. The Labute approximate surface area is 133 Å². The Bertz CT molecular complexity index is 656. The molecule has 0 fully saturated rings. The van der Waals surface area contributed by atoms with Gasteiger partial charge in [-0.3, -0.25) is 0 Å². The summed E-state index contributed by atoms with van der Waals surface area (Å²) in [7, 11) is 0. The molecular formula is C22H22. The monoisotopic (exact) mass is 286 g/mol. The molecule has 2 aromatic rings. The first-order chi connectivity index (χ1) is 10.9. The molecule has 0 unspecified atom stereocenters. The molecule has 0 atom stereocenters. The Kier molecular flexibility index (Phi) is 6.71. The normalized spacial score (nSPS) is 12.7. The van der Waals surface area contributed by atoms with Crippen molar-refractivity contribution in [3.63, 3.8) is 0 Å². The van der Waals surface area contributed by atoms with Crippen LogP contribution in [-0.2, 0) is 6.42 Å². The molecule has 0 saturated heterocycles. The molecule has 0 heterocycles. The van der Waals surface area contributed by atoms with Gasteiger partial charge < -0.3 is 0 Å². The van der Waals surface area contributed by atoms with Crippen LogP contribution in [0.15, 0.2) is 103 Å². The third-order valence-electron chi connectivity index (χ3n) is 3.29. The second-order valence-electron chi connectivity index (χ2n) is 4.99. The van der Waals surface area contributed by atoms with Crippen molar-refractivity contribution in [3.05, 3.63) is 114 Å². The first-order valence-corrected chi connectivity index (χ1v) is 7.65. The van der Waals surface area contributed by atoms with E-state index in [1.54, 1.807) is 0 Å². The van der Waals surface area contributed by atoms with E-state index in [0.29, 0.717) is 0 Å². The van der Waals surface area contributed by atoms with E-state index in [4.69, 9.17) is 0 Å². The van der Waals surface area contributed by atoms with E-state index in [1.807, 2.05) is 31.2 Å². The van der Waals surface area contributed by atoms with Crippen molar-refractivity contribution in [2.75, 3.05) is 0 Å². The quantitative estimate of drug-likeness (QED) is 0.571. The van der Waals surface area contributed by atoms with Crippen LogP contribution in [0.25, 0.3) is 5.57 Å². The summed E-state index contributed by atoms with van der Waals surface area (Å²) in [6.45, 7) is 2.02. The maximum absolute atomic E-state index is 2.20. The molecule has 0 heteroatoms. The SMILES string of the molecule is C/C=C/C=C\C(=C/C=C/Cc1ccccc1)c1ccccc1. The van der Waals surface area contributed by atoms with Crippen LogP contribution < -0.4 is 0 Å². The first-order valence-electron chi connectivity index (χ1n) is 7.65. The average Bonchev–Trinajstić information content (AvgIpc) is 2.59. The zero-order valence-electron chi connectivity index (χ0n) is 13.0. The number of benzene rings is 2. The standard InChI is InChI=1S/C22H22/c1-2-3-6-16-21(22-17-9-5-10-18-22)19-12-11-15-20-13-7-4-8-14-20/h2-14,16-19H,15H2,1H3/b3-2+,12-11+,16-6-,21-19+. The molecule has 0 aromatic heterocycles.